The lowest BCUT2D eigenvalue weighted by Gasteiger charge is -2.22. The molecule has 1 aliphatic rings. The fraction of sp³-hybridized carbons (Fsp3) is 0.294. The number of fused-ring (bicyclic) bond motifs is 3. The standard InChI is InChI=1S/C17H16BBr/c1-9-5-11-12-6-10(2)16(19)8-14(12)17(3,4)13(11)7-15(9)18/h5-8H,1-4H3. The third kappa shape index (κ3) is 1.73. The van der Waals surface area contributed by atoms with Gasteiger partial charge in [0.15, 0.2) is 0 Å². The zero-order valence-corrected chi connectivity index (χ0v) is 13.4. The summed E-state index contributed by atoms with van der Waals surface area (Å²) in [5, 5.41) is 0. The maximum Gasteiger partial charge on any atom is 0.114 e. The molecule has 19 heavy (non-hydrogen) atoms. The second kappa shape index (κ2) is 3.99. The number of halogens is 1. The summed E-state index contributed by atoms with van der Waals surface area (Å²) in [5.74, 6) is 0. The highest BCUT2D eigenvalue weighted by molar-refractivity contribution is 9.10. The zero-order valence-electron chi connectivity index (χ0n) is 11.8. The number of benzene rings is 2. The monoisotopic (exact) mass is 310 g/mol. The highest BCUT2D eigenvalue weighted by atomic mass is 79.9. The Hall–Kier alpha value is -1.02. The molecule has 0 aromatic heterocycles. The number of aryl methyl sites for hydroxylation is 2. The summed E-state index contributed by atoms with van der Waals surface area (Å²) in [4.78, 5) is 0. The molecular weight excluding hydrogens is 295 g/mol. The van der Waals surface area contributed by atoms with Crippen molar-refractivity contribution >= 4 is 29.2 Å². The van der Waals surface area contributed by atoms with Crippen LogP contribution < -0.4 is 5.46 Å². The van der Waals surface area contributed by atoms with Gasteiger partial charge in [-0.05, 0) is 53.8 Å². The Labute approximate surface area is 124 Å². The van der Waals surface area contributed by atoms with Crippen LogP contribution in [0.1, 0.15) is 36.1 Å². The minimum Gasteiger partial charge on any atom is -0.0935 e. The summed E-state index contributed by atoms with van der Waals surface area (Å²) in [7, 11) is 6.10. The fourth-order valence-electron chi connectivity index (χ4n) is 3.03. The number of rotatable bonds is 0. The minimum atomic E-state index is 0.0166. The first-order chi connectivity index (χ1) is 8.82. The molecule has 0 saturated heterocycles. The van der Waals surface area contributed by atoms with Crippen LogP contribution >= 0.6 is 15.9 Å². The van der Waals surface area contributed by atoms with Crippen LogP contribution in [0.2, 0.25) is 0 Å². The fourth-order valence-corrected chi connectivity index (χ4v) is 3.37. The average molecular weight is 311 g/mol. The van der Waals surface area contributed by atoms with E-state index in [9.17, 15) is 0 Å². The van der Waals surface area contributed by atoms with Crippen molar-refractivity contribution in [3.63, 3.8) is 0 Å². The molecule has 0 bridgehead atoms. The SMILES string of the molecule is [B]c1cc2c(cc1C)-c1cc(C)c(Br)cc1C2(C)C. The predicted molar refractivity (Wildman–Crippen MR) is 86.6 cm³/mol. The molecule has 2 heteroatoms. The highest BCUT2D eigenvalue weighted by Gasteiger charge is 2.36. The van der Waals surface area contributed by atoms with Gasteiger partial charge in [0.2, 0.25) is 0 Å². The van der Waals surface area contributed by atoms with E-state index < -0.39 is 0 Å². The van der Waals surface area contributed by atoms with E-state index in [1.54, 1.807) is 0 Å². The van der Waals surface area contributed by atoms with Crippen LogP contribution in [-0.2, 0) is 5.41 Å². The Morgan fingerprint density at radius 1 is 0.895 bits per heavy atom. The van der Waals surface area contributed by atoms with E-state index in [1.165, 1.54) is 32.3 Å². The molecule has 0 aliphatic heterocycles. The molecule has 0 amide bonds. The average Bonchev–Trinajstić information content (AvgIpc) is 2.52. The van der Waals surface area contributed by atoms with Crippen molar-refractivity contribution in [2.24, 2.45) is 0 Å². The van der Waals surface area contributed by atoms with Crippen LogP contribution in [0.4, 0.5) is 0 Å². The van der Waals surface area contributed by atoms with Crippen molar-refractivity contribution < 1.29 is 0 Å². The van der Waals surface area contributed by atoms with Crippen LogP contribution in [0.25, 0.3) is 11.1 Å². The van der Waals surface area contributed by atoms with Crippen LogP contribution in [0.5, 0.6) is 0 Å². The second-order valence-electron chi connectivity index (χ2n) is 6.03. The van der Waals surface area contributed by atoms with E-state index in [4.69, 9.17) is 7.85 Å². The van der Waals surface area contributed by atoms with Crippen LogP contribution in [0.3, 0.4) is 0 Å². The van der Waals surface area contributed by atoms with Gasteiger partial charge < -0.3 is 0 Å². The first kappa shape index (κ1) is 13.0. The van der Waals surface area contributed by atoms with Crippen LogP contribution in [-0.4, -0.2) is 7.85 Å². The van der Waals surface area contributed by atoms with Crippen molar-refractivity contribution in [1.29, 1.82) is 0 Å². The van der Waals surface area contributed by atoms with Gasteiger partial charge >= 0.3 is 0 Å². The largest absolute Gasteiger partial charge is 0.114 e. The molecule has 0 nitrogen and oxygen atoms in total. The summed E-state index contributed by atoms with van der Waals surface area (Å²) < 4.78 is 1.18. The van der Waals surface area contributed by atoms with Gasteiger partial charge in [0.05, 0.1) is 0 Å². The van der Waals surface area contributed by atoms with Crippen molar-refractivity contribution in [1.82, 2.24) is 0 Å². The molecule has 2 aromatic carbocycles. The Morgan fingerprint density at radius 3 is 2.05 bits per heavy atom. The van der Waals surface area contributed by atoms with E-state index in [2.05, 4.69) is 67.9 Å². The van der Waals surface area contributed by atoms with E-state index in [0.717, 1.165) is 11.0 Å². The first-order valence-electron chi connectivity index (χ1n) is 6.54. The highest BCUT2D eigenvalue weighted by Crippen LogP contribution is 2.49. The molecule has 0 atom stereocenters. The predicted octanol–water partition coefficient (Wildman–Crippen LogP) is 4.17. The second-order valence-corrected chi connectivity index (χ2v) is 6.88. The normalized spacial score (nSPS) is 15.2. The Kier molecular flexibility index (Phi) is 2.73. The van der Waals surface area contributed by atoms with E-state index in [-0.39, 0.29) is 5.41 Å². The summed E-state index contributed by atoms with van der Waals surface area (Å²) in [6.45, 7) is 8.76. The Morgan fingerprint density at radius 2 is 1.42 bits per heavy atom. The lowest BCUT2D eigenvalue weighted by molar-refractivity contribution is 0.660. The van der Waals surface area contributed by atoms with Crippen molar-refractivity contribution in [3.8, 4) is 11.1 Å². The molecule has 0 saturated carbocycles. The smallest absolute Gasteiger partial charge is 0.0935 e. The van der Waals surface area contributed by atoms with Gasteiger partial charge in [0.1, 0.15) is 7.85 Å². The van der Waals surface area contributed by atoms with Gasteiger partial charge in [-0.15, -0.1) is 0 Å². The minimum absolute atomic E-state index is 0.0166. The summed E-state index contributed by atoms with van der Waals surface area (Å²) in [6, 6.07) is 8.92. The number of hydrogen-bond donors (Lipinski definition) is 0. The van der Waals surface area contributed by atoms with Gasteiger partial charge in [-0.1, -0.05) is 52.9 Å². The molecule has 0 unspecified atom stereocenters. The van der Waals surface area contributed by atoms with Crippen molar-refractivity contribution in [2.45, 2.75) is 33.1 Å². The van der Waals surface area contributed by atoms with E-state index in [1.807, 2.05) is 0 Å². The van der Waals surface area contributed by atoms with Gasteiger partial charge in [-0.2, -0.15) is 0 Å². The first-order valence-corrected chi connectivity index (χ1v) is 7.33. The van der Waals surface area contributed by atoms with E-state index in [0.29, 0.717) is 0 Å². The third-order valence-corrected chi connectivity index (χ3v) is 5.20. The topological polar surface area (TPSA) is 0 Å². The van der Waals surface area contributed by atoms with Gasteiger partial charge in [0.25, 0.3) is 0 Å². The molecule has 94 valence electrons. The van der Waals surface area contributed by atoms with Crippen molar-refractivity contribution in [3.05, 3.63) is 51.0 Å². The quantitative estimate of drug-likeness (QED) is 0.641. The molecule has 0 N–H and O–H groups in total. The van der Waals surface area contributed by atoms with Gasteiger partial charge in [-0.3, -0.25) is 0 Å². The van der Waals surface area contributed by atoms with Crippen molar-refractivity contribution in [2.75, 3.05) is 0 Å². The Bertz CT molecular complexity index is 639. The van der Waals surface area contributed by atoms with E-state index >= 15 is 0 Å². The van der Waals surface area contributed by atoms with Crippen LogP contribution in [0, 0.1) is 13.8 Å². The zero-order chi connectivity index (χ0) is 13.9. The molecule has 1 aliphatic carbocycles. The molecule has 2 aromatic rings. The molecule has 3 rings (SSSR count). The molecule has 0 fully saturated rings. The summed E-state index contributed by atoms with van der Waals surface area (Å²) in [6.07, 6.45) is 0. The van der Waals surface area contributed by atoms with Gasteiger partial charge in [-0.25, -0.2) is 0 Å². The maximum absolute atomic E-state index is 6.10. The lowest BCUT2D eigenvalue weighted by Crippen LogP contribution is -2.18. The number of hydrogen-bond acceptors (Lipinski definition) is 0. The maximum atomic E-state index is 6.10. The molecule has 0 spiro atoms. The van der Waals surface area contributed by atoms with Gasteiger partial charge in [0, 0.05) is 9.89 Å². The van der Waals surface area contributed by atoms with Crippen LogP contribution in [0.15, 0.2) is 28.7 Å². The molecular formula is C17H16BBr. The molecule has 0 heterocycles. The Balaban J connectivity index is 2.40. The lowest BCUT2D eigenvalue weighted by atomic mass is 9.79. The summed E-state index contributed by atoms with van der Waals surface area (Å²) >= 11 is 3.65. The third-order valence-electron chi connectivity index (χ3n) is 4.34. The molecule has 2 radical (unpaired) electrons. The summed E-state index contributed by atoms with van der Waals surface area (Å²) in [5.41, 5.74) is 8.73.